The van der Waals surface area contributed by atoms with Crippen LogP contribution in [0.4, 0.5) is 0 Å². The Labute approximate surface area is 134 Å². The Balaban J connectivity index is 0.00000133. The standard InChI is InChI=1S/C15H27N3.HI/c1-15(2)8-13(15)17-14(16-3)18-9-11-6-4-5-7-12(11)10-18;/h11-13H,4-10H2,1-3H3,(H,16,17);1H. The summed E-state index contributed by atoms with van der Waals surface area (Å²) in [4.78, 5) is 7.01. The SMILES string of the molecule is CN=C(NC1CC1(C)C)N1CC2CCCCC2C1.I. The molecule has 1 N–H and O–H groups in total. The van der Waals surface area contributed by atoms with E-state index in [2.05, 4.69) is 29.1 Å². The first-order valence-electron chi connectivity index (χ1n) is 7.58. The molecule has 0 aromatic heterocycles. The minimum atomic E-state index is 0. The number of likely N-dealkylation sites (tertiary alicyclic amines) is 1. The molecular formula is C15H28IN3. The van der Waals surface area contributed by atoms with E-state index in [9.17, 15) is 0 Å². The van der Waals surface area contributed by atoms with Crippen molar-refractivity contribution in [2.75, 3.05) is 20.1 Å². The average molecular weight is 377 g/mol. The number of halogens is 1. The summed E-state index contributed by atoms with van der Waals surface area (Å²) in [6.07, 6.45) is 7.04. The summed E-state index contributed by atoms with van der Waals surface area (Å²) in [5.74, 6) is 3.02. The van der Waals surface area contributed by atoms with Gasteiger partial charge in [0.1, 0.15) is 0 Å². The largest absolute Gasteiger partial charge is 0.353 e. The predicted octanol–water partition coefficient (Wildman–Crippen LogP) is 3.10. The van der Waals surface area contributed by atoms with E-state index in [1.54, 1.807) is 0 Å². The van der Waals surface area contributed by atoms with Gasteiger partial charge in [-0.3, -0.25) is 4.99 Å². The maximum atomic E-state index is 4.51. The summed E-state index contributed by atoms with van der Waals surface area (Å²) in [5, 5.41) is 3.66. The van der Waals surface area contributed by atoms with Crippen molar-refractivity contribution in [3.63, 3.8) is 0 Å². The number of nitrogens with zero attached hydrogens (tertiary/aromatic N) is 2. The summed E-state index contributed by atoms with van der Waals surface area (Å²) < 4.78 is 0. The second-order valence-corrected chi connectivity index (χ2v) is 7.15. The number of hydrogen-bond donors (Lipinski definition) is 1. The van der Waals surface area contributed by atoms with Gasteiger partial charge in [0, 0.05) is 26.2 Å². The van der Waals surface area contributed by atoms with E-state index in [1.165, 1.54) is 45.2 Å². The number of guanidine groups is 1. The van der Waals surface area contributed by atoms with Crippen LogP contribution >= 0.6 is 24.0 Å². The van der Waals surface area contributed by atoms with Crippen molar-refractivity contribution >= 4 is 29.9 Å². The van der Waals surface area contributed by atoms with Crippen molar-refractivity contribution in [2.24, 2.45) is 22.2 Å². The number of aliphatic imine (C=N–C) groups is 1. The molecule has 0 spiro atoms. The lowest BCUT2D eigenvalue weighted by atomic mass is 9.82. The summed E-state index contributed by atoms with van der Waals surface area (Å²) in [6, 6.07) is 0.638. The van der Waals surface area contributed by atoms with E-state index in [-0.39, 0.29) is 24.0 Å². The quantitative estimate of drug-likeness (QED) is 0.432. The third kappa shape index (κ3) is 3.19. The topological polar surface area (TPSA) is 27.6 Å². The number of rotatable bonds is 1. The third-order valence-electron chi connectivity index (χ3n) is 5.30. The van der Waals surface area contributed by atoms with E-state index < -0.39 is 0 Å². The highest BCUT2D eigenvalue weighted by atomic mass is 127. The first kappa shape index (κ1) is 15.4. The normalized spacial score (nSPS) is 36.5. The van der Waals surface area contributed by atoms with Crippen LogP contribution in [-0.2, 0) is 0 Å². The van der Waals surface area contributed by atoms with Gasteiger partial charge in [-0.2, -0.15) is 0 Å². The van der Waals surface area contributed by atoms with Crippen LogP contribution in [0.3, 0.4) is 0 Å². The van der Waals surface area contributed by atoms with Crippen molar-refractivity contribution in [1.29, 1.82) is 0 Å². The molecule has 0 amide bonds. The molecule has 0 bridgehead atoms. The van der Waals surface area contributed by atoms with Gasteiger partial charge in [-0.15, -0.1) is 24.0 Å². The molecule has 3 fully saturated rings. The van der Waals surface area contributed by atoms with Gasteiger partial charge in [0.2, 0.25) is 0 Å². The van der Waals surface area contributed by atoms with E-state index in [1.807, 2.05) is 7.05 Å². The molecule has 3 nitrogen and oxygen atoms in total. The van der Waals surface area contributed by atoms with Crippen LogP contribution in [0.5, 0.6) is 0 Å². The highest BCUT2D eigenvalue weighted by Crippen LogP contribution is 2.45. The highest BCUT2D eigenvalue weighted by Gasteiger charge is 2.47. The number of fused-ring (bicyclic) bond motifs is 1. The fourth-order valence-electron chi connectivity index (χ4n) is 3.75. The van der Waals surface area contributed by atoms with Gasteiger partial charge in [-0.1, -0.05) is 26.7 Å². The minimum absolute atomic E-state index is 0. The number of hydrogen-bond acceptors (Lipinski definition) is 1. The molecule has 4 heteroatoms. The summed E-state index contributed by atoms with van der Waals surface area (Å²) in [5.41, 5.74) is 0.475. The summed E-state index contributed by atoms with van der Waals surface area (Å²) in [6.45, 7) is 7.14. The Kier molecular flexibility index (Phi) is 4.68. The van der Waals surface area contributed by atoms with Crippen LogP contribution in [0.2, 0.25) is 0 Å². The van der Waals surface area contributed by atoms with Crippen LogP contribution in [0, 0.1) is 17.3 Å². The summed E-state index contributed by atoms with van der Waals surface area (Å²) in [7, 11) is 1.93. The lowest BCUT2D eigenvalue weighted by Gasteiger charge is -2.22. The fraction of sp³-hybridized carbons (Fsp3) is 0.933. The fourth-order valence-corrected chi connectivity index (χ4v) is 3.75. The first-order chi connectivity index (χ1) is 8.60. The van der Waals surface area contributed by atoms with Crippen molar-refractivity contribution in [3.05, 3.63) is 0 Å². The highest BCUT2D eigenvalue weighted by molar-refractivity contribution is 14.0. The van der Waals surface area contributed by atoms with Gasteiger partial charge in [0.15, 0.2) is 5.96 Å². The Morgan fingerprint density at radius 3 is 2.11 bits per heavy atom. The molecule has 3 aliphatic rings. The molecule has 3 unspecified atom stereocenters. The van der Waals surface area contributed by atoms with Gasteiger partial charge in [-0.25, -0.2) is 0 Å². The minimum Gasteiger partial charge on any atom is -0.353 e. The van der Waals surface area contributed by atoms with Crippen LogP contribution in [0.1, 0.15) is 46.0 Å². The van der Waals surface area contributed by atoms with Gasteiger partial charge in [-0.05, 0) is 36.5 Å². The smallest absolute Gasteiger partial charge is 0.193 e. The Morgan fingerprint density at radius 1 is 1.16 bits per heavy atom. The van der Waals surface area contributed by atoms with Crippen LogP contribution in [0.25, 0.3) is 0 Å². The van der Waals surface area contributed by atoms with Gasteiger partial charge < -0.3 is 10.2 Å². The molecule has 19 heavy (non-hydrogen) atoms. The molecule has 1 saturated heterocycles. The van der Waals surface area contributed by atoms with Crippen LogP contribution in [-0.4, -0.2) is 37.0 Å². The Morgan fingerprint density at radius 2 is 1.68 bits per heavy atom. The second-order valence-electron chi connectivity index (χ2n) is 7.15. The molecular weight excluding hydrogens is 349 g/mol. The molecule has 1 aliphatic heterocycles. The maximum absolute atomic E-state index is 4.51. The summed E-state index contributed by atoms with van der Waals surface area (Å²) >= 11 is 0. The predicted molar refractivity (Wildman–Crippen MR) is 91.1 cm³/mol. The Bertz CT molecular complexity index is 339. The average Bonchev–Trinajstić information content (AvgIpc) is 2.76. The molecule has 3 atom stereocenters. The third-order valence-corrected chi connectivity index (χ3v) is 5.30. The molecule has 0 aromatic rings. The van der Waals surface area contributed by atoms with E-state index in [0.29, 0.717) is 11.5 Å². The molecule has 2 saturated carbocycles. The Hall–Kier alpha value is 0. The maximum Gasteiger partial charge on any atom is 0.193 e. The lowest BCUT2D eigenvalue weighted by Crippen LogP contribution is -2.42. The first-order valence-corrected chi connectivity index (χ1v) is 7.58. The van der Waals surface area contributed by atoms with Crippen LogP contribution < -0.4 is 5.32 Å². The zero-order chi connectivity index (χ0) is 12.8. The van der Waals surface area contributed by atoms with Gasteiger partial charge in [0.25, 0.3) is 0 Å². The zero-order valence-corrected chi connectivity index (χ0v) is 14.8. The van der Waals surface area contributed by atoms with Crippen LogP contribution in [0.15, 0.2) is 4.99 Å². The molecule has 3 rings (SSSR count). The molecule has 0 radical (unpaired) electrons. The van der Waals surface area contributed by atoms with Crippen molar-refractivity contribution in [2.45, 2.75) is 52.0 Å². The van der Waals surface area contributed by atoms with E-state index in [4.69, 9.17) is 0 Å². The second kappa shape index (κ2) is 5.78. The lowest BCUT2D eigenvalue weighted by molar-refractivity contribution is 0.299. The zero-order valence-electron chi connectivity index (χ0n) is 12.5. The van der Waals surface area contributed by atoms with Crippen molar-refractivity contribution in [3.8, 4) is 0 Å². The van der Waals surface area contributed by atoms with E-state index >= 15 is 0 Å². The molecule has 110 valence electrons. The van der Waals surface area contributed by atoms with Gasteiger partial charge >= 0.3 is 0 Å². The number of nitrogens with one attached hydrogen (secondary N) is 1. The molecule has 0 aromatic carbocycles. The van der Waals surface area contributed by atoms with Crippen molar-refractivity contribution in [1.82, 2.24) is 10.2 Å². The molecule has 2 aliphatic carbocycles. The monoisotopic (exact) mass is 377 g/mol. The van der Waals surface area contributed by atoms with E-state index in [0.717, 1.165) is 17.8 Å². The van der Waals surface area contributed by atoms with Crippen molar-refractivity contribution < 1.29 is 0 Å². The van der Waals surface area contributed by atoms with Gasteiger partial charge in [0.05, 0.1) is 0 Å². The molecule has 1 heterocycles.